The Balaban J connectivity index is 1.62. The van der Waals surface area contributed by atoms with E-state index < -0.39 is 17.1 Å². The topological polar surface area (TPSA) is 92.3 Å². The van der Waals surface area contributed by atoms with E-state index in [0.29, 0.717) is 39.7 Å². The fourth-order valence-electron chi connectivity index (χ4n) is 4.69. The highest BCUT2D eigenvalue weighted by Crippen LogP contribution is 2.46. The smallest absolute Gasteiger partial charge is 0.340 e. The maximum Gasteiger partial charge on any atom is 0.340 e. The number of phenols is 1. The van der Waals surface area contributed by atoms with Gasteiger partial charge in [-0.05, 0) is 58.5 Å². The zero-order valence-corrected chi connectivity index (χ0v) is 22.4. The Morgan fingerprint density at radius 2 is 2.08 bits per heavy atom. The number of halogens is 1. The van der Waals surface area contributed by atoms with Gasteiger partial charge < -0.3 is 23.5 Å². The van der Waals surface area contributed by atoms with Crippen LogP contribution in [0.15, 0.2) is 59.6 Å². The van der Waals surface area contributed by atoms with Gasteiger partial charge in [-0.1, -0.05) is 30.3 Å². The lowest BCUT2D eigenvalue weighted by molar-refractivity contribution is 0.0527. The number of rotatable bonds is 10. The summed E-state index contributed by atoms with van der Waals surface area (Å²) >= 11 is 2.32. The number of carbonyl (C=O) groups excluding carboxylic acids is 1. The van der Waals surface area contributed by atoms with Gasteiger partial charge in [-0.15, -0.1) is 0 Å². The molecule has 0 saturated heterocycles. The third-order valence-electron chi connectivity index (χ3n) is 6.47. The summed E-state index contributed by atoms with van der Waals surface area (Å²) in [6, 6.07) is 12.1. The van der Waals surface area contributed by atoms with Gasteiger partial charge in [0.2, 0.25) is 0 Å². The number of nitrogens with zero attached hydrogens (tertiary/aromatic N) is 3. The van der Waals surface area contributed by atoms with Gasteiger partial charge in [0.25, 0.3) is 0 Å². The molecule has 9 heteroatoms. The summed E-state index contributed by atoms with van der Waals surface area (Å²) in [7, 11) is 0. The normalized spacial score (nSPS) is 14.3. The molecule has 1 aliphatic rings. The first-order valence-corrected chi connectivity index (χ1v) is 14.3. The van der Waals surface area contributed by atoms with Crippen LogP contribution in [0.3, 0.4) is 0 Å². The summed E-state index contributed by atoms with van der Waals surface area (Å²) in [5.41, 5.74) is 3.72. The Kier molecular flexibility index (Phi) is 7.41. The summed E-state index contributed by atoms with van der Waals surface area (Å²) < 4.78 is 23.4. The first kappa shape index (κ1) is 24.9. The van der Waals surface area contributed by atoms with E-state index in [1.54, 1.807) is 19.4 Å². The minimum absolute atomic E-state index is 0.0754. The highest BCUT2D eigenvalue weighted by Gasteiger charge is 2.36. The Hall–Kier alpha value is -2.75. The SMILES string of the molecule is CCOC(=O)c1c(C[S+]([O-])CCc2ccccc2)n(C2CC2)c2cc(Br)c(O)c(Cn3ccnc3)c12. The van der Waals surface area contributed by atoms with Crippen molar-refractivity contribution in [1.29, 1.82) is 0 Å². The number of imidazole rings is 1. The number of hydrogen-bond acceptors (Lipinski definition) is 5. The molecule has 188 valence electrons. The Morgan fingerprint density at radius 3 is 2.75 bits per heavy atom. The first-order valence-electron chi connectivity index (χ1n) is 12.1. The maximum atomic E-state index is 13.4. The largest absolute Gasteiger partial charge is 0.616 e. The van der Waals surface area contributed by atoms with E-state index in [1.807, 2.05) is 47.2 Å². The average molecular weight is 571 g/mol. The molecule has 0 amide bonds. The molecule has 7 nitrogen and oxygen atoms in total. The molecule has 2 aromatic heterocycles. The summed E-state index contributed by atoms with van der Waals surface area (Å²) in [4.78, 5) is 17.5. The van der Waals surface area contributed by atoms with Crippen LogP contribution < -0.4 is 0 Å². The van der Waals surface area contributed by atoms with Crippen molar-refractivity contribution in [2.75, 3.05) is 12.4 Å². The molecular formula is C27H28BrN3O4S. The zero-order valence-electron chi connectivity index (χ0n) is 20.0. The van der Waals surface area contributed by atoms with Crippen molar-refractivity contribution in [1.82, 2.24) is 14.1 Å². The van der Waals surface area contributed by atoms with Gasteiger partial charge >= 0.3 is 5.97 Å². The van der Waals surface area contributed by atoms with Crippen LogP contribution >= 0.6 is 15.9 Å². The van der Waals surface area contributed by atoms with Crippen LogP contribution in [0.5, 0.6) is 5.75 Å². The average Bonchev–Trinajstić information content (AvgIpc) is 3.47. The molecule has 5 rings (SSSR count). The summed E-state index contributed by atoms with van der Waals surface area (Å²) in [5.74, 6) is 0.363. The quantitative estimate of drug-likeness (QED) is 0.205. The number of hydrogen-bond donors (Lipinski definition) is 1. The van der Waals surface area contributed by atoms with Crippen LogP contribution in [0.25, 0.3) is 10.9 Å². The van der Waals surface area contributed by atoms with Crippen molar-refractivity contribution in [2.24, 2.45) is 0 Å². The molecule has 1 N–H and O–H groups in total. The first-order chi connectivity index (χ1) is 17.5. The molecule has 1 atom stereocenters. The minimum Gasteiger partial charge on any atom is -0.616 e. The number of aryl methyl sites for hydroxylation is 1. The number of ether oxygens (including phenoxy) is 1. The molecule has 2 heterocycles. The van der Waals surface area contributed by atoms with Crippen LogP contribution in [-0.4, -0.2) is 42.1 Å². The standard InChI is InChI=1S/C27H28BrN3O4S/c1-2-35-27(33)25-23(16-36(34)13-10-18-6-4-3-5-7-18)31(19-8-9-19)22-14-21(28)26(32)20(24(22)25)15-30-12-11-29-17-30/h3-7,11-12,14,17,19,32H,2,8-10,13,15-16H2,1H3. The van der Waals surface area contributed by atoms with Gasteiger partial charge in [0.1, 0.15) is 17.3 Å². The molecule has 0 aliphatic heterocycles. The number of benzene rings is 2. The zero-order chi connectivity index (χ0) is 25.2. The van der Waals surface area contributed by atoms with Gasteiger partial charge in [0, 0.05) is 35.8 Å². The van der Waals surface area contributed by atoms with Crippen LogP contribution in [0.2, 0.25) is 0 Å². The summed E-state index contributed by atoms with van der Waals surface area (Å²) in [6.07, 6.45) is 7.84. The fraction of sp³-hybridized carbons (Fsp3) is 0.333. The van der Waals surface area contributed by atoms with E-state index in [2.05, 4.69) is 25.5 Å². The lowest BCUT2D eigenvalue weighted by Crippen LogP contribution is -2.17. The number of phenolic OH excluding ortho intramolecular Hbond substituents is 1. The van der Waals surface area contributed by atoms with Gasteiger partial charge in [-0.3, -0.25) is 0 Å². The minimum atomic E-state index is -1.19. The molecule has 0 spiro atoms. The number of fused-ring (bicyclic) bond motifs is 1. The highest BCUT2D eigenvalue weighted by atomic mass is 79.9. The number of esters is 1. The second kappa shape index (κ2) is 10.7. The van der Waals surface area contributed by atoms with Crippen LogP contribution in [-0.2, 0) is 34.6 Å². The molecule has 0 radical (unpaired) electrons. The van der Waals surface area contributed by atoms with E-state index in [-0.39, 0.29) is 24.2 Å². The van der Waals surface area contributed by atoms with E-state index >= 15 is 0 Å². The Labute approximate surface area is 221 Å². The van der Waals surface area contributed by atoms with Crippen molar-refractivity contribution >= 4 is 44.0 Å². The molecule has 1 unspecified atom stereocenters. The molecule has 36 heavy (non-hydrogen) atoms. The van der Waals surface area contributed by atoms with E-state index in [0.717, 1.165) is 29.6 Å². The molecule has 1 aliphatic carbocycles. The summed E-state index contributed by atoms with van der Waals surface area (Å²) in [5, 5.41) is 11.7. The Morgan fingerprint density at radius 1 is 1.31 bits per heavy atom. The van der Waals surface area contributed by atoms with Crippen LogP contribution in [0.4, 0.5) is 0 Å². The van der Waals surface area contributed by atoms with Crippen LogP contribution in [0, 0.1) is 0 Å². The van der Waals surface area contributed by atoms with Gasteiger partial charge in [-0.2, -0.15) is 0 Å². The fourth-order valence-corrected chi connectivity index (χ4v) is 6.34. The second-order valence-electron chi connectivity index (χ2n) is 8.98. The summed E-state index contributed by atoms with van der Waals surface area (Å²) in [6.45, 7) is 2.33. The predicted octanol–water partition coefficient (Wildman–Crippen LogP) is 5.36. The Bertz CT molecular complexity index is 1370. The maximum absolute atomic E-state index is 13.4. The van der Waals surface area contributed by atoms with Crippen molar-refractivity contribution in [3.05, 3.63) is 82.0 Å². The number of carbonyl (C=O) groups is 1. The third-order valence-corrected chi connectivity index (χ3v) is 8.33. The van der Waals surface area contributed by atoms with Crippen molar-refractivity contribution in [3.63, 3.8) is 0 Å². The number of aromatic hydroxyl groups is 1. The van der Waals surface area contributed by atoms with E-state index in [1.165, 1.54) is 0 Å². The van der Waals surface area contributed by atoms with E-state index in [9.17, 15) is 14.5 Å². The monoisotopic (exact) mass is 569 g/mol. The molecular weight excluding hydrogens is 542 g/mol. The van der Waals surface area contributed by atoms with Crippen molar-refractivity contribution < 1.29 is 19.2 Å². The molecule has 2 aromatic carbocycles. The molecule has 4 aromatic rings. The number of aromatic nitrogens is 3. The lowest BCUT2D eigenvalue weighted by Gasteiger charge is -2.15. The lowest BCUT2D eigenvalue weighted by atomic mass is 10.0. The van der Waals surface area contributed by atoms with Crippen LogP contribution in [0.1, 0.15) is 53.0 Å². The van der Waals surface area contributed by atoms with Gasteiger partial charge in [0.15, 0.2) is 0 Å². The predicted molar refractivity (Wildman–Crippen MR) is 144 cm³/mol. The molecule has 1 saturated carbocycles. The third kappa shape index (κ3) is 5.05. The van der Waals surface area contributed by atoms with Crippen molar-refractivity contribution in [3.8, 4) is 5.75 Å². The highest BCUT2D eigenvalue weighted by molar-refractivity contribution is 9.10. The van der Waals surface area contributed by atoms with Crippen molar-refractivity contribution in [2.45, 2.75) is 44.5 Å². The second-order valence-corrected chi connectivity index (χ2v) is 11.4. The molecule has 0 bridgehead atoms. The molecule has 1 fully saturated rings. The van der Waals surface area contributed by atoms with Gasteiger partial charge in [-0.25, -0.2) is 9.78 Å². The van der Waals surface area contributed by atoms with E-state index in [4.69, 9.17) is 4.74 Å². The van der Waals surface area contributed by atoms with Gasteiger partial charge in [0.05, 0.1) is 40.7 Å².